The molecule has 0 aliphatic carbocycles. The van der Waals surface area contributed by atoms with Crippen molar-refractivity contribution in [1.82, 2.24) is 10.6 Å². The molecule has 2 heterocycles. The zero-order chi connectivity index (χ0) is 20.3. The van der Waals surface area contributed by atoms with Crippen molar-refractivity contribution in [2.45, 2.75) is 32.9 Å². The molecule has 0 bridgehead atoms. The first kappa shape index (κ1) is 21.3. The van der Waals surface area contributed by atoms with Gasteiger partial charge < -0.3 is 29.3 Å². The molecule has 2 N–H and O–H groups in total. The van der Waals surface area contributed by atoms with Crippen LogP contribution in [0.1, 0.15) is 31.1 Å². The molecular weight excluding hydrogens is 394 g/mol. The van der Waals surface area contributed by atoms with Gasteiger partial charge >= 0.3 is 0 Å². The largest absolute Gasteiger partial charge is 0.489 e. The maximum absolute atomic E-state index is 6.36. The zero-order valence-electron chi connectivity index (χ0n) is 16.7. The van der Waals surface area contributed by atoms with Crippen LogP contribution < -0.4 is 20.1 Å². The number of fused-ring (bicyclic) bond motifs is 1. The summed E-state index contributed by atoms with van der Waals surface area (Å²) in [6, 6.07) is 7.59. The minimum absolute atomic E-state index is 0.487. The van der Waals surface area contributed by atoms with Crippen LogP contribution in [0.4, 0.5) is 0 Å². The van der Waals surface area contributed by atoms with E-state index in [2.05, 4.69) is 15.6 Å². The quantitative estimate of drug-likeness (QED) is 0.364. The van der Waals surface area contributed by atoms with Crippen LogP contribution in [0.2, 0.25) is 5.02 Å². The number of hydrogen-bond donors (Lipinski definition) is 2. The average molecular weight is 422 g/mol. The van der Waals surface area contributed by atoms with E-state index in [1.54, 1.807) is 6.26 Å². The summed E-state index contributed by atoms with van der Waals surface area (Å²) in [5.41, 5.74) is 0.971. The number of ether oxygens (including phenoxy) is 3. The lowest BCUT2D eigenvalue weighted by Crippen LogP contribution is -2.38. The summed E-state index contributed by atoms with van der Waals surface area (Å²) in [7, 11) is 0. The van der Waals surface area contributed by atoms with Gasteiger partial charge in [-0.15, -0.1) is 0 Å². The first-order chi connectivity index (χ1) is 14.3. The predicted molar refractivity (Wildman–Crippen MR) is 113 cm³/mol. The Bertz CT molecular complexity index is 780. The lowest BCUT2D eigenvalue weighted by Gasteiger charge is -2.13. The molecule has 1 aliphatic heterocycles. The number of nitrogens with zero attached hydrogens (tertiary/aromatic N) is 1. The molecule has 0 radical (unpaired) electrons. The Kier molecular flexibility index (Phi) is 8.52. The van der Waals surface area contributed by atoms with E-state index in [0.29, 0.717) is 49.5 Å². The smallest absolute Gasteiger partial charge is 0.191 e. The molecule has 29 heavy (non-hydrogen) atoms. The maximum atomic E-state index is 6.36. The van der Waals surface area contributed by atoms with Gasteiger partial charge in [-0.1, -0.05) is 11.6 Å². The third kappa shape index (κ3) is 6.87. The molecule has 1 aromatic heterocycles. The van der Waals surface area contributed by atoms with E-state index in [0.717, 1.165) is 43.2 Å². The Morgan fingerprint density at radius 3 is 2.97 bits per heavy atom. The lowest BCUT2D eigenvalue weighted by atomic mass is 10.2. The number of halogens is 1. The number of guanidine groups is 1. The molecule has 3 rings (SSSR count). The Morgan fingerprint density at radius 1 is 1.24 bits per heavy atom. The van der Waals surface area contributed by atoms with Crippen molar-refractivity contribution in [2.24, 2.45) is 4.99 Å². The molecule has 0 atom stereocenters. The Balaban J connectivity index is 1.47. The molecule has 0 saturated carbocycles. The SMILES string of the molecule is CCNC(=NCc1cc(Cl)c2c(c1)OCCCO2)NCCCOCc1ccco1. The van der Waals surface area contributed by atoms with E-state index in [4.69, 9.17) is 30.2 Å². The highest BCUT2D eigenvalue weighted by molar-refractivity contribution is 6.32. The predicted octanol–water partition coefficient (Wildman–Crippen LogP) is 3.76. The van der Waals surface area contributed by atoms with Gasteiger partial charge in [-0.3, -0.25) is 0 Å². The molecule has 0 amide bonds. The third-order valence-electron chi connectivity index (χ3n) is 4.21. The van der Waals surface area contributed by atoms with Gasteiger partial charge in [0.25, 0.3) is 0 Å². The number of hydrogen-bond acceptors (Lipinski definition) is 5. The average Bonchev–Trinajstić information content (AvgIpc) is 3.12. The summed E-state index contributed by atoms with van der Waals surface area (Å²) >= 11 is 6.36. The molecule has 1 aliphatic rings. The summed E-state index contributed by atoms with van der Waals surface area (Å²) in [4.78, 5) is 4.64. The van der Waals surface area contributed by atoms with Crippen LogP contribution in [0.3, 0.4) is 0 Å². The number of rotatable bonds is 9. The van der Waals surface area contributed by atoms with Gasteiger partial charge in [0.05, 0.1) is 31.0 Å². The number of nitrogens with one attached hydrogen (secondary N) is 2. The standard InChI is InChI=1S/C21H28ClN3O4/c1-2-23-21(24-7-4-8-26-15-17-6-3-9-27-17)25-14-16-12-18(22)20-19(13-16)28-10-5-11-29-20/h3,6,9,12-13H,2,4-5,7-8,10-11,14-15H2,1H3,(H2,23,24,25). The van der Waals surface area contributed by atoms with Crippen LogP contribution in [0.15, 0.2) is 39.9 Å². The van der Waals surface area contributed by atoms with Gasteiger partial charge in [-0.2, -0.15) is 0 Å². The van der Waals surface area contributed by atoms with Crippen LogP contribution in [-0.2, 0) is 17.9 Å². The highest BCUT2D eigenvalue weighted by atomic mass is 35.5. The summed E-state index contributed by atoms with van der Waals surface area (Å²) in [6.07, 6.45) is 3.36. The molecule has 158 valence electrons. The van der Waals surface area contributed by atoms with Crippen LogP contribution >= 0.6 is 11.6 Å². The van der Waals surface area contributed by atoms with Crippen molar-refractivity contribution in [1.29, 1.82) is 0 Å². The normalized spacial score (nSPS) is 13.8. The monoisotopic (exact) mass is 421 g/mol. The first-order valence-electron chi connectivity index (χ1n) is 9.96. The van der Waals surface area contributed by atoms with Gasteiger partial charge in [-0.25, -0.2) is 4.99 Å². The first-order valence-corrected chi connectivity index (χ1v) is 10.3. The second-order valence-corrected chi connectivity index (χ2v) is 6.97. The van der Waals surface area contributed by atoms with Gasteiger partial charge in [0.15, 0.2) is 17.5 Å². The van der Waals surface area contributed by atoms with Crippen molar-refractivity contribution < 1.29 is 18.6 Å². The molecule has 8 heteroatoms. The summed E-state index contributed by atoms with van der Waals surface area (Å²) < 4.78 is 22.2. The van der Waals surface area contributed by atoms with E-state index in [9.17, 15) is 0 Å². The third-order valence-corrected chi connectivity index (χ3v) is 4.49. The van der Waals surface area contributed by atoms with Crippen molar-refractivity contribution in [3.63, 3.8) is 0 Å². The molecule has 0 spiro atoms. The minimum Gasteiger partial charge on any atom is -0.489 e. The highest BCUT2D eigenvalue weighted by Crippen LogP contribution is 2.38. The van der Waals surface area contributed by atoms with Gasteiger partial charge in [0, 0.05) is 26.1 Å². The molecule has 0 fully saturated rings. The molecular formula is C21H28ClN3O4. The van der Waals surface area contributed by atoms with E-state index < -0.39 is 0 Å². The fraction of sp³-hybridized carbons (Fsp3) is 0.476. The van der Waals surface area contributed by atoms with Gasteiger partial charge in [0.2, 0.25) is 0 Å². The molecule has 2 aromatic rings. The molecule has 1 aromatic carbocycles. The second kappa shape index (κ2) is 11.6. The van der Waals surface area contributed by atoms with E-state index in [1.807, 2.05) is 31.2 Å². The molecule has 7 nitrogen and oxygen atoms in total. The van der Waals surface area contributed by atoms with Crippen LogP contribution in [-0.4, -0.2) is 38.9 Å². The lowest BCUT2D eigenvalue weighted by molar-refractivity contribution is 0.105. The van der Waals surface area contributed by atoms with E-state index in [-0.39, 0.29) is 0 Å². The Hall–Kier alpha value is -2.38. The summed E-state index contributed by atoms with van der Waals surface area (Å²) in [5.74, 6) is 2.90. The number of aliphatic imine (C=N–C) groups is 1. The zero-order valence-corrected chi connectivity index (χ0v) is 17.5. The number of furan rings is 1. The Morgan fingerprint density at radius 2 is 2.14 bits per heavy atom. The van der Waals surface area contributed by atoms with Crippen molar-refractivity contribution in [2.75, 3.05) is 32.9 Å². The summed E-state index contributed by atoms with van der Waals surface area (Å²) in [5, 5.41) is 7.12. The number of benzene rings is 1. The van der Waals surface area contributed by atoms with E-state index >= 15 is 0 Å². The van der Waals surface area contributed by atoms with Gasteiger partial charge in [0.1, 0.15) is 12.4 Å². The maximum Gasteiger partial charge on any atom is 0.191 e. The fourth-order valence-corrected chi connectivity index (χ4v) is 3.12. The van der Waals surface area contributed by atoms with E-state index in [1.165, 1.54) is 0 Å². The molecule has 0 saturated heterocycles. The van der Waals surface area contributed by atoms with Gasteiger partial charge in [-0.05, 0) is 43.2 Å². The Labute approximate surface area is 176 Å². The topological polar surface area (TPSA) is 77.3 Å². The van der Waals surface area contributed by atoms with Crippen LogP contribution in [0.5, 0.6) is 11.5 Å². The van der Waals surface area contributed by atoms with Crippen LogP contribution in [0, 0.1) is 0 Å². The highest BCUT2D eigenvalue weighted by Gasteiger charge is 2.15. The molecule has 0 unspecified atom stereocenters. The van der Waals surface area contributed by atoms with Crippen molar-refractivity contribution in [3.05, 3.63) is 46.9 Å². The summed E-state index contributed by atoms with van der Waals surface area (Å²) in [6.45, 7) is 6.44. The van der Waals surface area contributed by atoms with Crippen molar-refractivity contribution >= 4 is 17.6 Å². The van der Waals surface area contributed by atoms with Crippen molar-refractivity contribution in [3.8, 4) is 11.5 Å². The van der Waals surface area contributed by atoms with Crippen LogP contribution in [0.25, 0.3) is 0 Å². The second-order valence-electron chi connectivity index (χ2n) is 6.56. The minimum atomic E-state index is 0.487. The fourth-order valence-electron chi connectivity index (χ4n) is 2.84.